The fourth-order valence-electron chi connectivity index (χ4n) is 3.24. The Morgan fingerprint density at radius 1 is 0.806 bits per heavy atom. The average Bonchev–Trinajstić information content (AvgIpc) is 2.76. The van der Waals surface area contributed by atoms with E-state index in [-0.39, 0.29) is 16.6 Å². The Kier molecular flexibility index (Phi) is 5.68. The first-order valence-electron chi connectivity index (χ1n) is 9.68. The molecule has 1 heterocycles. The number of hydrogen-bond acceptors (Lipinski definition) is 5. The molecular weight excluding hydrogens is 410 g/mol. The molecular formula is C24H21N3O3S. The van der Waals surface area contributed by atoms with Gasteiger partial charge in [-0.3, -0.25) is 4.72 Å². The lowest BCUT2D eigenvalue weighted by Crippen LogP contribution is -2.15. The molecule has 31 heavy (non-hydrogen) atoms. The van der Waals surface area contributed by atoms with Crippen LogP contribution in [0, 0.1) is 13.8 Å². The van der Waals surface area contributed by atoms with Crippen LogP contribution in [0.3, 0.4) is 0 Å². The molecule has 0 amide bonds. The van der Waals surface area contributed by atoms with E-state index in [9.17, 15) is 8.42 Å². The Hall–Kier alpha value is -3.71. The van der Waals surface area contributed by atoms with Crippen molar-refractivity contribution in [2.45, 2.75) is 18.7 Å². The first-order valence-corrected chi connectivity index (χ1v) is 11.2. The van der Waals surface area contributed by atoms with E-state index in [1.54, 1.807) is 36.5 Å². The van der Waals surface area contributed by atoms with E-state index < -0.39 is 10.0 Å². The largest absolute Gasteiger partial charge is 0.436 e. The molecule has 7 heteroatoms. The molecule has 6 nitrogen and oxygen atoms in total. The van der Waals surface area contributed by atoms with Crippen LogP contribution in [0.2, 0.25) is 0 Å². The molecule has 3 aromatic carbocycles. The Morgan fingerprint density at radius 3 is 2.06 bits per heavy atom. The number of para-hydroxylation sites is 1. The maximum Gasteiger partial charge on any atom is 0.264 e. The molecule has 0 fully saturated rings. The van der Waals surface area contributed by atoms with Gasteiger partial charge in [-0.15, -0.1) is 0 Å². The fourth-order valence-corrected chi connectivity index (χ4v) is 4.26. The van der Waals surface area contributed by atoms with E-state index in [1.807, 2.05) is 50.2 Å². The SMILES string of the molecule is Cc1cccc(C)c1-c1cnc(Oc2ccccc2)c(NS(=O)(=O)c2ccccc2)n1. The zero-order valence-electron chi connectivity index (χ0n) is 17.1. The van der Waals surface area contributed by atoms with Gasteiger partial charge in [0.1, 0.15) is 5.75 Å². The van der Waals surface area contributed by atoms with Gasteiger partial charge in [-0.25, -0.2) is 18.4 Å². The maximum absolute atomic E-state index is 13.0. The summed E-state index contributed by atoms with van der Waals surface area (Å²) in [4.78, 5) is 9.12. The molecule has 1 N–H and O–H groups in total. The molecule has 0 saturated carbocycles. The van der Waals surface area contributed by atoms with Crippen molar-refractivity contribution in [3.8, 4) is 22.9 Å². The van der Waals surface area contributed by atoms with Crippen LogP contribution < -0.4 is 9.46 Å². The topological polar surface area (TPSA) is 81.2 Å². The summed E-state index contributed by atoms with van der Waals surface area (Å²) in [7, 11) is -3.88. The van der Waals surface area contributed by atoms with Crippen LogP contribution in [0.15, 0.2) is 90.0 Å². The number of aryl methyl sites for hydroxylation is 2. The van der Waals surface area contributed by atoms with Gasteiger partial charge in [0.25, 0.3) is 15.9 Å². The molecule has 0 bridgehead atoms. The highest BCUT2D eigenvalue weighted by atomic mass is 32.2. The van der Waals surface area contributed by atoms with Gasteiger partial charge in [0, 0.05) is 5.56 Å². The van der Waals surface area contributed by atoms with Crippen LogP contribution in [0.5, 0.6) is 11.6 Å². The van der Waals surface area contributed by atoms with Crippen LogP contribution in [-0.2, 0) is 10.0 Å². The number of sulfonamides is 1. The molecule has 156 valence electrons. The number of nitrogens with one attached hydrogen (secondary N) is 1. The van der Waals surface area contributed by atoms with Gasteiger partial charge in [-0.05, 0) is 49.2 Å². The third-order valence-electron chi connectivity index (χ3n) is 4.72. The number of nitrogens with zero attached hydrogens (tertiary/aromatic N) is 2. The lowest BCUT2D eigenvalue weighted by atomic mass is 10.0. The van der Waals surface area contributed by atoms with Crippen LogP contribution in [0.1, 0.15) is 11.1 Å². The summed E-state index contributed by atoms with van der Waals surface area (Å²) in [5.74, 6) is 0.616. The van der Waals surface area contributed by atoms with E-state index in [2.05, 4.69) is 14.7 Å². The van der Waals surface area contributed by atoms with Crippen molar-refractivity contribution in [1.29, 1.82) is 0 Å². The van der Waals surface area contributed by atoms with Crippen molar-refractivity contribution in [1.82, 2.24) is 9.97 Å². The molecule has 0 saturated heterocycles. The standard InChI is InChI=1S/C24H21N3O3S/c1-17-10-9-11-18(2)22(17)21-16-25-24(30-19-12-5-3-6-13-19)23(26-21)27-31(28,29)20-14-7-4-8-15-20/h3-16H,1-2H3,(H,26,27). The Labute approximate surface area is 181 Å². The second kappa shape index (κ2) is 8.57. The number of aromatic nitrogens is 2. The molecule has 0 atom stereocenters. The number of hydrogen-bond donors (Lipinski definition) is 1. The average molecular weight is 432 g/mol. The monoisotopic (exact) mass is 431 g/mol. The van der Waals surface area contributed by atoms with Gasteiger partial charge in [-0.1, -0.05) is 54.6 Å². The Balaban J connectivity index is 1.81. The van der Waals surface area contributed by atoms with Crippen molar-refractivity contribution in [3.05, 3.63) is 96.2 Å². The fraction of sp³-hybridized carbons (Fsp3) is 0.0833. The summed E-state index contributed by atoms with van der Waals surface area (Å²) in [6, 6.07) is 23.1. The van der Waals surface area contributed by atoms with Crippen LogP contribution in [0.25, 0.3) is 11.3 Å². The van der Waals surface area contributed by atoms with Crippen LogP contribution >= 0.6 is 0 Å². The van der Waals surface area contributed by atoms with E-state index in [0.717, 1.165) is 16.7 Å². The van der Waals surface area contributed by atoms with Crippen molar-refractivity contribution >= 4 is 15.8 Å². The van der Waals surface area contributed by atoms with Crippen LogP contribution in [-0.4, -0.2) is 18.4 Å². The minimum Gasteiger partial charge on any atom is -0.436 e. The predicted molar refractivity (Wildman–Crippen MR) is 121 cm³/mol. The lowest BCUT2D eigenvalue weighted by Gasteiger charge is -2.15. The maximum atomic E-state index is 13.0. The third-order valence-corrected chi connectivity index (χ3v) is 6.07. The molecule has 4 aromatic rings. The van der Waals surface area contributed by atoms with Crippen molar-refractivity contribution in [2.75, 3.05) is 4.72 Å². The zero-order chi connectivity index (χ0) is 21.8. The second-order valence-electron chi connectivity index (χ2n) is 7.01. The third kappa shape index (κ3) is 4.57. The number of anilines is 1. The summed E-state index contributed by atoms with van der Waals surface area (Å²) in [6.45, 7) is 3.96. The van der Waals surface area contributed by atoms with E-state index in [4.69, 9.17) is 4.74 Å². The molecule has 0 aliphatic rings. The quantitative estimate of drug-likeness (QED) is 0.445. The highest BCUT2D eigenvalue weighted by molar-refractivity contribution is 7.92. The van der Waals surface area contributed by atoms with Crippen LogP contribution in [0.4, 0.5) is 5.82 Å². The summed E-state index contributed by atoms with van der Waals surface area (Å²) in [5, 5.41) is 0. The molecule has 0 aliphatic heterocycles. The minimum atomic E-state index is -3.88. The van der Waals surface area contributed by atoms with E-state index in [1.165, 1.54) is 12.1 Å². The Bertz CT molecular complexity index is 1290. The Morgan fingerprint density at radius 2 is 1.42 bits per heavy atom. The highest BCUT2D eigenvalue weighted by Gasteiger charge is 2.20. The van der Waals surface area contributed by atoms with Crippen molar-refractivity contribution in [3.63, 3.8) is 0 Å². The molecule has 0 spiro atoms. The number of ether oxygens (including phenoxy) is 1. The van der Waals surface area contributed by atoms with Gasteiger partial charge in [-0.2, -0.15) is 0 Å². The number of rotatable bonds is 6. The molecule has 1 aromatic heterocycles. The second-order valence-corrected chi connectivity index (χ2v) is 8.69. The zero-order valence-corrected chi connectivity index (χ0v) is 17.9. The van der Waals surface area contributed by atoms with Gasteiger partial charge in [0.2, 0.25) is 5.82 Å². The van der Waals surface area contributed by atoms with Gasteiger partial charge >= 0.3 is 0 Å². The smallest absolute Gasteiger partial charge is 0.264 e. The van der Waals surface area contributed by atoms with Gasteiger partial charge in [0.05, 0.1) is 16.8 Å². The lowest BCUT2D eigenvalue weighted by molar-refractivity contribution is 0.463. The van der Waals surface area contributed by atoms with Crippen molar-refractivity contribution in [2.24, 2.45) is 0 Å². The minimum absolute atomic E-state index is 0.0212. The highest BCUT2D eigenvalue weighted by Crippen LogP contribution is 2.32. The summed E-state index contributed by atoms with van der Waals surface area (Å²) < 4.78 is 34.3. The molecule has 4 rings (SSSR count). The normalized spacial score (nSPS) is 11.2. The van der Waals surface area contributed by atoms with E-state index in [0.29, 0.717) is 11.4 Å². The summed E-state index contributed by atoms with van der Waals surface area (Å²) in [6.07, 6.45) is 1.59. The predicted octanol–water partition coefficient (Wildman–Crippen LogP) is 5.35. The van der Waals surface area contributed by atoms with Gasteiger partial charge < -0.3 is 4.74 Å². The van der Waals surface area contributed by atoms with Crippen molar-refractivity contribution < 1.29 is 13.2 Å². The summed E-state index contributed by atoms with van der Waals surface area (Å²) >= 11 is 0. The molecule has 0 unspecified atom stereocenters. The molecule has 0 radical (unpaired) electrons. The van der Waals surface area contributed by atoms with E-state index >= 15 is 0 Å². The first-order chi connectivity index (χ1) is 14.9. The number of benzene rings is 3. The summed E-state index contributed by atoms with van der Waals surface area (Å²) in [5.41, 5.74) is 3.49. The first kappa shape index (κ1) is 20.6. The molecule has 0 aliphatic carbocycles. The van der Waals surface area contributed by atoms with Gasteiger partial charge in [0.15, 0.2) is 0 Å².